The van der Waals surface area contributed by atoms with E-state index in [1.165, 1.54) is 23.7 Å². The monoisotopic (exact) mass is 824 g/mol. The summed E-state index contributed by atoms with van der Waals surface area (Å²) < 4.78 is 71.7. The molecule has 0 atom stereocenters. The van der Waals surface area contributed by atoms with E-state index in [0.717, 1.165) is 13.0 Å². The molecule has 0 saturated carbocycles. The van der Waals surface area contributed by atoms with Gasteiger partial charge in [-0.3, -0.25) is 0 Å². The SMILES string of the molecule is C=C(C)C(=O)OCCOCCOCCOCCOCCOCCOCCOCCOCCOCCOCCOCCOCCCCCCI. The highest BCUT2D eigenvalue weighted by molar-refractivity contribution is 14.1. The first-order valence-electron chi connectivity index (χ1n) is 17.5. The summed E-state index contributed by atoms with van der Waals surface area (Å²) in [7, 11) is 0. The van der Waals surface area contributed by atoms with Crippen molar-refractivity contribution in [2.24, 2.45) is 0 Å². The maximum absolute atomic E-state index is 11.2. The lowest BCUT2D eigenvalue weighted by Gasteiger charge is -2.09. The zero-order valence-electron chi connectivity index (χ0n) is 30.0. The van der Waals surface area contributed by atoms with Crippen LogP contribution in [0.4, 0.5) is 0 Å². The summed E-state index contributed by atoms with van der Waals surface area (Å²) in [5, 5.41) is 0. The molecule has 0 aliphatic heterocycles. The lowest BCUT2D eigenvalue weighted by molar-refractivity contribution is -0.140. The van der Waals surface area contributed by atoms with Crippen LogP contribution in [0.5, 0.6) is 0 Å². The molecule has 0 rings (SSSR count). The molecule has 0 spiro atoms. The molecule has 0 bridgehead atoms. The van der Waals surface area contributed by atoms with Crippen molar-refractivity contribution in [3.8, 4) is 0 Å². The molecule has 0 saturated heterocycles. The van der Waals surface area contributed by atoms with Gasteiger partial charge in [0.2, 0.25) is 0 Å². The molecule has 0 aliphatic rings. The number of alkyl halides is 1. The third-order valence-corrected chi connectivity index (χ3v) is 6.84. The van der Waals surface area contributed by atoms with Gasteiger partial charge in [-0.15, -0.1) is 0 Å². The van der Waals surface area contributed by atoms with E-state index in [-0.39, 0.29) is 6.61 Å². The van der Waals surface area contributed by atoms with Crippen LogP contribution in [0.1, 0.15) is 32.6 Å². The Balaban J connectivity index is 3.07. The van der Waals surface area contributed by atoms with E-state index in [1.807, 2.05) is 0 Å². The van der Waals surface area contributed by atoms with Crippen LogP contribution in [0.15, 0.2) is 12.2 Å². The number of hydrogen-bond acceptors (Lipinski definition) is 14. The second-order valence-corrected chi connectivity index (χ2v) is 11.4. The van der Waals surface area contributed by atoms with Gasteiger partial charge in [0.05, 0.1) is 152 Å². The second kappa shape index (κ2) is 43.6. The molecule has 0 aromatic heterocycles. The van der Waals surface area contributed by atoms with Crippen LogP contribution in [0.2, 0.25) is 0 Å². The van der Waals surface area contributed by atoms with Gasteiger partial charge in [0, 0.05) is 12.2 Å². The molecular weight excluding hydrogens is 759 g/mol. The molecule has 0 N–H and O–H groups in total. The Hall–Kier alpha value is -0.540. The first-order valence-corrected chi connectivity index (χ1v) is 19.0. The number of esters is 1. The number of rotatable bonds is 43. The van der Waals surface area contributed by atoms with Gasteiger partial charge < -0.3 is 61.6 Å². The van der Waals surface area contributed by atoms with E-state index in [2.05, 4.69) is 29.2 Å². The number of hydrogen-bond donors (Lipinski definition) is 0. The predicted molar refractivity (Wildman–Crippen MR) is 193 cm³/mol. The lowest BCUT2D eigenvalue weighted by Crippen LogP contribution is -2.16. The van der Waals surface area contributed by atoms with Gasteiger partial charge in [-0.1, -0.05) is 42.0 Å². The van der Waals surface area contributed by atoms with Gasteiger partial charge in [-0.05, 0) is 24.2 Å². The van der Waals surface area contributed by atoms with Crippen LogP contribution in [-0.2, 0) is 66.4 Å². The Morgan fingerprint density at radius 3 is 0.837 bits per heavy atom. The van der Waals surface area contributed by atoms with Gasteiger partial charge in [0.25, 0.3) is 0 Å². The first-order chi connectivity index (χ1) is 24.2. The number of carbonyl (C=O) groups excluding carboxylic acids is 1. The lowest BCUT2D eigenvalue weighted by atomic mass is 10.2. The van der Waals surface area contributed by atoms with Crippen molar-refractivity contribution in [1.29, 1.82) is 0 Å². The van der Waals surface area contributed by atoms with Gasteiger partial charge in [-0.25, -0.2) is 4.79 Å². The summed E-state index contributed by atoms with van der Waals surface area (Å²) in [5.41, 5.74) is 0.370. The van der Waals surface area contributed by atoms with E-state index >= 15 is 0 Å². The molecule has 0 unspecified atom stereocenters. The Labute approximate surface area is 308 Å². The topological polar surface area (TPSA) is 137 Å². The normalized spacial score (nSPS) is 11.4. The minimum atomic E-state index is -0.412. The molecule has 0 amide bonds. The van der Waals surface area contributed by atoms with Crippen molar-refractivity contribution < 1.29 is 66.4 Å². The van der Waals surface area contributed by atoms with Crippen molar-refractivity contribution in [2.75, 3.05) is 170 Å². The fraction of sp³-hybridized carbons (Fsp3) is 0.912. The minimum absolute atomic E-state index is 0.199. The Morgan fingerprint density at radius 1 is 0.367 bits per heavy atom. The van der Waals surface area contributed by atoms with Crippen LogP contribution in [0.3, 0.4) is 0 Å². The standard InChI is InChI=1S/C34H65IO14/c1-33(2)34(36)49-32-31-48-30-29-47-28-27-46-26-25-45-24-23-44-22-21-43-20-19-42-18-17-41-16-15-40-14-13-39-12-11-38-10-9-37-8-6-4-3-5-7-35/h1,3-32H2,2H3. The maximum atomic E-state index is 11.2. The van der Waals surface area contributed by atoms with E-state index in [0.29, 0.717) is 158 Å². The minimum Gasteiger partial charge on any atom is -0.460 e. The van der Waals surface area contributed by atoms with Gasteiger partial charge in [-0.2, -0.15) is 0 Å². The fourth-order valence-electron chi connectivity index (χ4n) is 3.49. The molecule has 0 heterocycles. The second-order valence-electron chi connectivity index (χ2n) is 10.4. The van der Waals surface area contributed by atoms with Crippen LogP contribution >= 0.6 is 22.6 Å². The third kappa shape index (κ3) is 43.5. The Morgan fingerprint density at radius 2 is 0.592 bits per heavy atom. The summed E-state index contributed by atoms with van der Waals surface area (Å²) in [4.78, 5) is 11.2. The fourth-order valence-corrected chi connectivity index (χ4v) is 4.03. The number of unbranched alkanes of at least 4 members (excludes halogenated alkanes) is 3. The molecule has 49 heavy (non-hydrogen) atoms. The van der Waals surface area contributed by atoms with Crippen molar-refractivity contribution in [3.05, 3.63) is 12.2 Å². The Kier molecular flexibility index (Phi) is 43.1. The number of carbonyl (C=O) groups is 1. The zero-order valence-corrected chi connectivity index (χ0v) is 32.2. The first kappa shape index (κ1) is 48.5. The van der Waals surface area contributed by atoms with Gasteiger partial charge in [0.15, 0.2) is 0 Å². The zero-order chi connectivity index (χ0) is 35.6. The summed E-state index contributed by atoms with van der Waals surface area (Å²) in [6.45, 7) is 17.7. The molecule has 0 aromatic rings. The third-order valence-electron chi connectivity index (χ3n) is 6.07. The number of halogens is 1. The van der Waals surface area contributed by atoms with Crippen molar-refractivity contribution in [1.82, 2.24) is 0 Å². The van der Waals surface area contributed by atoms with Crippen LogP contribution in [0.25, 0.3) is 0 Å². The van der Waals surface area contributed by atoms with Crippen molar-refractivity contribution >= 4 is 28.6 Å². The molecule has 15 heteroatoms. The summed E-state index contributed by atoms with van der Waals surface area (Å²) >= 11 is 2.42. The molecule has 0 aliphatic carbocycles. The summed E-state index contributed by atoms with van der Waals surface area (Å²) in [6, 6.07) is 0. The summed E-state index contributed by atoms with van der Waals surface area (Å²) in [6.07, 6.45) is 4.96. The molecule has 0 aromatic carbocycles. The molecule has 0 fully saturated rings. The highest BCUT2D eigenvalue weighted by Gasteiger charge is 2.02. The largest absolute Gasteiger partial charge is 0.460 e. The van der Waals surface area contributed by atoms with Crippen molar-refractivity contribution in [3.63, 3.8) is 0 Å². The van der Waals surface area contributed by atoms with E-state index in [1.54, 1.807) is 6.92 Å². The highest BCUT2D eigenvalue weighted by atomic mass is 127. The van der Waals surface area contributed by atoms with Gasteiger partial charge >= 0.3 is 5.97 Å². The van der Waals surface area contributed by atoms with Crippen molar-refractivity contribution in [2.45, 2.75) is 32.6 Å². The molecule has 292 valence electrons. The van der Waals surface area contributed by atoms with Crippen LogP contribution in [-0.4, -0.2) is 176 Å². The quantitative estimate of drug-likeness (QED) is 0.0293. The average molecular weight is 825 g/mol. The smallest absolute Gasteiger partial charge is 0.333 e. The van der Waals surface area contributed by atoms with Crippen LogP contribution in [0, 0.1) is 0 Å². The van der Waals surface area contributed by atoms with Gasteiger partial charge in [0.1, 0.15) is 6.61 Å². The molecule has 0 radical (unpaired) electrons. The molecular formula is C34H65IO14. The number of ether oxygens (including phenoxy) is 13. The molecule has 14 nitrogen and oxygen atoms in total. The summed E-state index contributed by atoms with van der Waals surface area (Å²) in [5.74, 6) is -0.412. The highest BCUT2D eigenvalue weighted by Crippen LogP contribution is 2.02. The van der Waals surface area contributed by atoms with E-state index in [4.69, 9.17) is 61.6 Å². The van der Waals surface area contributed by atoms with E-state index < -0.39 is 5.97 Å². The Bertz CT molecular complexity index is 677. The van der Waals surface area contributed by atoms with Crippen LogP contribution < -0.4 is 0 Å². The predicted octanol–water partition coefficient (Wildman–Crippen LogP) is 3.30. The maximum Gasteiger partial charge on any atom is 0.333 e. The van der Waals surface area contributed by atoms with E-state index in [9.17, 15) is 4.79 Å². The average Bonchev–Trinajstić information content (AvgIpc) is 3.10.